The maximum Gasteiger partial charge on any atom is 0.243 e. The third kappa shape index (κ3) is 5.89. The van der Waals surface area contributed by atoms with Crippen LogP contribution in [0.15, 0.2) is 46.8 Å². The molecule has 1 fully saturated rings. The summed E-state index contributed by atoms with van der Waals surface area (Å²) in [6, 6.07) is 12.3. The number of hydrogen-bond donors (Lipinski definition) is 1. The zero-order valence-corrected chi connectivity index (χ0v) is 18.8. The van der Waals surface area contributed by atoms with Gasteiger partial charge in [-0.3, -0.25) is 4.79 Å². The van der Waals surface area contributed by atoms with E-state index in [1.54, 1.807) is 37.4 Å². The second kappa shape index (κ2) is 10.9. The topological polar surface area (TPSA) is 60.4 Å². The summed E-state index contributed by atoms with van der Waals surface area (Å²) in [7, 11) is 5.22. The number of amides is 1. The molecule has 0 spiro atoms. The number of carbonyl (C=O) groups is 1. The molecule has 162 valence electrons. The summed E-state index contributed by atoms with van der Waals surface area (Å²) < 4.78 is 5.52. The first-order chi connectivity index (χ1) is 14.6. The van der Waals surface area contributed by atoms with E-state index in [0.717, 1.165) is 56.5 Å². The molecule has 0 bridgehead atoms. The minimum Gasteiger partial charge on any atom is -0.495 e. The third-order valence-corrected chi connectivity index (χ3v) is 6.04. The number of benzene rings is 1. The summed E-state index contributed by atoms with van der Waals surface area (Å²) in [5, 5.41) is 5.56. The molecule has 0 unspecified atom stereocenters. The number of para-hydroxylation sites is 2. The minimum atomic E-state index is 0.000199. The van der Waals surface area contributed by atoms with Crippen LogP contribution in [0.5, 0.6) is 5.75 Å². The van der Waals surface area contributed by atoms with Gasteiger partial charge in [0.05, 0.1) is 12.8 Å². The van der Waals surface area contributed by atoms with Gasteiger partial charge in [0, 0.05) is 51.7 Å². The quantitative estimate of drug-likeness (QED) is 0.540. The van der Waals surface area contributed by atoms with Gasteiger partial charge in [0.15, 0.2) is 5.96 Å². The SMILES string of the molecule is COc1ccccc1N1CCN(C(=NCC(=O)N(C)C)NCCc2cccs2)CC1. The van der Waals surface area contributed by atoms with Crippen LogP contribution in [0, 0.1) is 0 Å². The molecule has 1 saturated heterocycles. The predicted octanol–water partition coefficient (Wildman–Crippen LogP) is 2.16. The monoisotopic (exact) mass is 429 g/mol. The molecule has 30 heavy (non-hydrogen) atoms. The van der Waals surface area contributed by atoms with E-state index in [1.807, 2.05) is 18.2 Å². The number of thiophene rings is 1. The highest BCUT2D eigenvalue weighted by molar-refractivity contribution is 7.09. The van der Waals surface area contributed by atoms with Crippen molar-refractivity contribution in [3.63, 3.8) is 0 Å². The zero-order valence-electron chi connectivity index (χ0n) is 18.0. The van der Waals surface area contributed by atoms with E-state index in [0.29, 0.717) is 0 Å². The van der Waals surface area contributed by atoms with Gasteiger partial charge in [-0.15, -0.1) is 11.3 Å². The molecular weight excluding hydrogens is 398 g/mol. The van der Waals surface area contributed by atoms with E-state index in [9.17, 15) is 4.79 Å². The largest absolute Gasteiger partial charge is 0.495 e. The van der Waals surface area contributed by atoms with Gasteiger partial charge in [-0.2, -0.15) is 0 Å². The summed E-state index contributed by atoms with van der Waals surface area (Å²) in [5.41, 5.74) is 1.12. The molecular formula is C22H31N5O2S. The van der Waals surface area contributed by atoms with Crippen molar-refractivity contribution in [3.05, 3.63) is 46.7 Å². The van der Waals surface area contributed by atoms with Crippen molar-refractivity contribution in [1.82, 2.24) is 15.1 Å². The van der Waals surface area contributed by atoms with E-state index < -0.39 is 0 Å². The Morgan fingerprint density at radius 3 is 2.60 bits per heavy atom. The van der Waals surface area contributed by atoms with Crippen LogP contribution >= 0.6 is 11.3 Å². The van der Waals surface area contributed by atoms with Crippen LogP contribution in [0.2, 0.25) is 0 Å². The smallest absolute Gasteiger partial charge is 0.243 e. The number of guanidine groups is 1. The second-order valence-corrected chi connectivity index (χ2v) is 8.36. The molecule has 1 aromatic heterocycles. The van der Waals surface area contributed by atoms with Crippen LogP contribution in [0.4, 0.5) is 5.69 Å². The lowest BCUT2D eigenvalue weighted by Crippen LogP contribution is -2.53. The summed E-state index contributed by atoms with van der Waals surface area (Å²) >= 11 is 1.76. The second-order valence-electron chi connectivity index (χ2n) is 7.33. The lowest BCUT2D eigenvalue weighted by Gasteiger charge is -2.38. The number of likely N-dealkylation sites (N-methyl/N-ethyl adjacent to an activating group) is 1. The zero-order chi connectivity index (χ0) is 21.3. The average Bonchev–Trinajstić information content (AvgIpc) is 3.29. The Kier molecular flexibility index (Phi) is 7.96. The number of methoxy groups -OCH3 is 1. The van der Waals surface area contributed by atoms with Crippen LogP contribution in [0.3, 0.4) is 0 Å². The standard InChI is InChI=1S/C22H31N5O2S/c1-25(2)21(28)17-24-22(23-11-10-18-7-6-16-30-18)27-14-12-26(13-15-27)19-8-4-5-9-20(19)29-3/h4-9,16H,10-15,17H2,1-3H3,(H,23,24). The van der Waals surface area contributed by atoms with Crippen LogP contribution in [-0.2, 0) is 11.2 Å². The van der Waals surface area contributed by atoms with Gasteiger partial charge in [0.1, 0.15) is 12.3 Å². The van der Waals surface area contributed by atoms with Gasteiger partial charge in [0.25, 0.3) is 0 Å². The van der Waals surface area contributed by atoms with Gasteiger partial charge >= 0.3 is 0 Å². The van der Waals surface area contributed by atoms with Crippen molar-refractivity contribution >= 4 is 28.9 Å². The van der Waals surface area contributed by atoms with Crippen LogP contribution in [0.1, 0.15) is 4.88 Å². The summed E-state index contributed by atoms with van der Waals surface area (Å²) in [6.07, 6.45) is 0.944. The van der Waals surface area contributed by atoms with Gasteiger partial charge in [-0.25, -0.2) is 4.99 Å². The Hall–Kier alpha value is -2.74. The number of ether oxygens (including phenoxy) is 1. The number of hydrogen-bond acceptors (Lipinski definition) is 5. The molecule has 1 aliphatic rings. The molecule has 1 aromatic carbocycles. The van der Waals surface area contributed by atoms with E-state index in [1.165, 1.54) is 4.88 Å². The number of aliphatic imine (C=N–C) groups is 1. The molecule has 0 radical (unpaired) electrons. The fourth-order valence-corrected chi connectivity index (χ4v) is 4.06. The number of rotatable bonds is 7. The molecule has 0 atom stereocenters. The highest BCUT2D eigenvalue weighted by atomic mass is 32.1. The minimum absolute atomic E-state index is 0.000199. The van der Waals surface area contributed by atoms with Crippen LogP contribution in [0.25, 0.3) is 0 Å². The molecule has 2 aromatic rings. The van der Waals surface area contributed by atoms with Crippen molar-refractivity contribution in [2.75, 3.05) is 65.4 Å². The van der Waals surface area contributed by atoms with Gasteiger partial charge < -0.3 is 24.8 Å². The summed E-state index contributed by atoms with van der Waals surface area (Å²) in [4.78, 5) is 24.2. The number of anilines is 1. The molecule has 7 nitrogen and oxygen atoms in total. The number of nitrogens with zero attached hydrogens (tertiary/aromatic N) is 4. The lowest BCUT2D eigenvalue weighted by molar-refractivity contribution is -0.127. The van der Waals surface area contributed by atoms with E-state index in [4.69, 9.17) is 4.74 Å². The molecule has 1 amide bonds. The molecule has 0 saturated carbocycles. The fourth-order valence-electron chi connectivity index (χ4n) is 3.35. The van der Waals surface area contributed by atoms with E-state index in [2.05, 4.69) is 43.7 Å². The van der Waals surface area contributed by atoms with Gasteiger partial charge in [-0.05, 0) is 30.0 Å². The Balaban J connectivity index is 1.62. The Morgan fingerprint density at radius 2 is 1.93 bits per heavy atom. The normalized spacial score (nSPS) is 14.6. The first-order valence-corrected chi connectivity index (χ1v) is 11.1. The average molecular weight is 430 g/mol. The van der Waals surface area contributed by atoms with Crippen molar-refractivity contribution in [3.8, 4) is 5.75 Å². The summed E-state index contributed by atoms with van der Waals surface area (Å²) in [5.74, 6) is 1.70. The number of piperazine rings is 1. The van der Waals surface area contributed by atoms with Crippen molar-refractivity contribution < 1.29 is 9.53 Å². The van der Waals surface area contributed by atoms with Gasteiger partial charge in [0.2, 0.25) is 5.91 Å². The van der Waals surface area contributed by atoms with E-state index in [-0.39, 0.29) is 12.5 Å². The van der Waals surface area contributed by atoms with Crippen molar-refractivity contribution in [2.24, 2.45) is 4.99 Å². The van der Waals surface area contributed by atoms with Crippen molar-refractivity contribution in [1.29, 1.82) is 0 Å². The van der Waals surface area contributed by atoms with Crippen LogP contribution < -0.4 is 15.0 Å². The first kappa shape index (κ1) is 22.0. The Labute approximate surface area is 183 Å². The summed E-state index contributed by atoms with van der Waals surface area (Å²) in [6.45, 7) is 4.35. The predicted molar refractivity (Wildman–Crippen MR) is 124 cm³/mol. The maximum atomic E-state index is 12.1. The van der Waals surface area contributed by atoms with Crippen molar-refractivity contribution in [2.45, 2.75) is 6.42 Å². The lowest BCUT2D eigenvalue weighted by atomic mass is 10.2. The highest BCUT2D eigenvalue weighted by Crippen LogP contribution is 2.28. The third-order valence-electron chi connectivity index (χ3n) is 5.10. The maximum absolute atomic E-state index is 12.1. The van der Waals surface area contributed by atoms with Crippen LogP contribution in [-0.4, -0.2) is 82.1 Å². The number of nitrogens with one attached hydrogen (secondary N) is 1. The fraction of sp³-hybridized carbons (Fsp3) is 0.455. The molecule has 2 heterocycles. The molecule has 1 aliphatic heterocycles. The molecule has 3 rings (SSSR count). The van der Waals surface area contributed by atoms with E-state index >= 15 is 0 Å². The first-order valence-electron chi connectivity index (χ1n) is 10.2. The molecule has 8 heteroatoms. The van der Waals surface area contributed by atoms with Gasteiger partial charge in [-0.1, -0.05) is 18.2 Å². The molecule has 1 N–H and O–H groups in total. The Bertz CT molecular complexity index is 830. The molecule has 0 aliphatic carbocycles. The Morgan fingerprint density at radius 1 is 1.17 bits per heavy atom. The number of carbonyl (C=O) groups excluding carboxylic acids is 1. The highest BCUT2D eigenvalue weighted by Gasteiger charge is 2.22.